The standard InChI is InChI=1S/C20H22N2O4S.C6H5NO2S/c1-12-14(18(23)25-3)15(17-21-10-11-27-17)16(19(24)26-4)20(2,22-12)13-8-6-5-7-9-13;7-10(8,9)6-2-1-4-3-5(4)6/h5-11,15-16,22H,1-4H3;1-3H,(H2,7,8,9). The van der Waals surface area contributed by atoms with Crippen molar-refractivity contribution in [1.29, 1.82) is 0 Å². The number of benzene rings is 2. The van der Waals surface area contributed by atoms with E-state index in [4.69, 9.17) is 14.6 Å². The second-order valence-corrected chi connectivity index (χ2v) is 11.3. The Morgan fingerprint density at radius 1 is 1.11 bits per heavy atom. The Hall–Kier alpha value is -3.54. The summed E-state index contributed by atoms with van der Waals surface area (Å²) in [6.07, 6.45) is 1.67. The number of carbonyl (C=O) groups is 2. The maximum absolute atomic E-state index is 13.0. The van der Waals surface area contributed by atoms with Crippen molar-refractivity contribution in [1.82, 2.24) is 10.3 Å². The van der Waals surface area contributed by atoms with E-state index in [1.54, 1.807) is 18.3 Å². The number of esters is 2. The molecule has 0 spiro atoms. The third-order valence-electron chi connectivity index (χ3n) is 6.58. The fraction of sp³-hybridized carbons (Fsp3) is 0.269. The number of aromatic nitrogens is 1. The number of carbonyl (C=O) groups excluding carboxylic acids is 2. The molecule has 5 rings (SSSR count). The number of ether oxygens (including phenoxy) is 2. The zero-order chi connectivity index (χ0) is 27.0. The number of rotatable bonds is 5. The van der Waals surface area contributed by atoms with Crippen molar-refractivity contribution in [3.8, 4) is 11.1 Å². The lowest BCUT2D eigenvalue weighted by molar-refractivity contribution is -0.150. The summed E-state index contributed by atoms with van der Waals surface area (Å²) in [5.41, 5.74) is 2.97. The lowest BCUT2D eigenvalue weighted by atomic mass is 9.67. The molecule has 2 heterocycles. The molecule has 37 heavy (non-hydrogen) atoms. The van der Waals surface area contributed by atoms with Gasteiger partial charge in [0.05, 0.1) is 42.1 Å². The van der Waals surface area contributed by atoms with Gasteiger partial charge in [0.2, 0.25) is 10.0 Å². The molecule has 194 valence electrons. The molecule has 1 aromatic heterocycles. The maximum atomic E-state index is 13.0. The lowest BCUT2D eigenvalue weighted by Crippen LogP contribution is -2.55. The number of sulfonamides is 1. The van der Waals surface area contributed by atoms with Crippen LogP contribution in [-0.4, -0.2) is 39.6 Å². The van der Waals surface area contributed by atoms with Crippen LogP contribution in [0.4, 0.5) is 0 Å². The number of primary sulfonamides is 1. The van der Waals surface area contributed by atoms with Crippen molar-refractivity contribution in [2.75, 3.05) is 14.2 Å². The summed E-state index contributed by atoms with van der Waals surface area (Å²) in [4.78, 5) is 30.2. The molecule has 0 saturated heterocycles. The highest BCUT2D eigenvalue weighted by atomic mass is 32.2. The molecular formula is C26H27N3O6S2. The van der Waals surface area contributed by atoms with Gasteiger partial charge >= 0.3 is 11.9 Å². The second-order valence-electron chi connectivity index (χ2n) is 8.83. The molecule has 3 aliphatic rings. The van der Waals surface area contributed by atoms with E-state index >= 15 is 0 Å². The van der Waals surface area contributed by atoms with Crippen LogP contribution in [0.3, 0.4) is 0 Å². The van der Waals surface area contributed by atoms with Crippen molar-refractivity contribution < 1.29 is 27.5 Å². The Balaban J connectivity index is 0.000000265. The Bertz CT molecular complexity index is 1470. The van der Waals surface area contributed by atoms with Gasteiger partial charge in [0.1, 0.15) is 5.01 Å². The van der Waals surface area contributed by atoms with E-state index in [9.17, 15) is 18.0 Å². The number of hydrogen-bond donors (Lipinski definition) is 2. The highest BCUT2D eigenvalue weighted by Crippen LogP contribution is 2.48. The number of nitrogens with two attached hydrogens (primary N) is 1. The first-order valence-corrected chi connectivity index (χ1v) is 13.7. The lowest BCUT2D eigenvalue weighted by Gasteiger charge is -2.46. The number of nitrogens with zero attached hydrogens (tertiary/aromatic N) is 1. The van der Waals surface area contributed by atoms with Crippen LogP contribution >= 0.6 is 11.3 Å². The summed E-state index contributed by atoms with van der Waals surface area (Å²) >= 11 is 1.40. The molecule has 0 amide bonds. The first-order valence-electron chi connectivity index (χ1n) is 11.3. The summed E-state index contributed by atoms with van der Waals surface area (Å²) < 4.78 is 31.6. The highest BCUT2D eigenvalue weighted by Gasteiger charge is 2.53. The van der Waals surface area contributed by atoms with Crippen molar-refractivity contribution in [3.63, 3.8) is 0 Å². The minimum Gasteiger partial charge on any atom is -0.469 e. The monoisotopic (exact) mass is 541 g/mol. The van der Waals surface area contributed by atoms with Crippen LogP contribution in [0.15, 0.2) is 76.3 Å². The second kappa shape index (κ2) is 10.1. The van der Waals surface area contributed by atoms with Crippen LogP contribution in [0.5, 0.6) is 0 Å². The van der Waals surface area contributed by atoms with Crippen molar-refractivity contribution >= 4 is 33.3 Å². The first-order chi connectivity index (χ1) is 17.5. The van der Waals surface area contributed by atoms with Crippen LogP contribution in [0.1, 0.15) is 30.3 Å². The fourth-order valence-corrected chi connectivity index (χ4v) is 6.35. The van der Waals surface area contributed by atoms with Crippen LogP contribution in [0.25, 0.3) is 11.1 Å². The van der Waals surface area contributed by atoms with E-state index in [0.29, 0.717) is 16.3 Å². The molecule has 0 saturated carbocycles. The van der Waals surface area contributed by atoms with Gasteiger partial charge in [0.25, 0.3) is 0 Å². The quantitative estimate of drug-likeness (QED) is 0.367. The predicted octanol–water partition coefficient (Wildman–Crippen LogP) is 3.30. The van der Waals surface area contributed by atoms with E-state index in [1.165, 1.54) is 31.6 Å². The van der Waals surface area contributed by atoms with Gasteiger partial charge in [-0.1, -0.05) is 36.4 Å². The van der Waals surface area contributed by atoms with Gasteiger partial charge in [0, 0.05) is 22.8 Å². The number of thiazole rings is 1. The molecule has 1 aromatic carbocycles. The van der Waals surface area contributed by atoms with Gasteiger partial charge in [-0.2, -0.15) is 0 Å². The molecule has 3 unspecified atom stereocenters. The number of nitrogens with one attached hydrogen (secondary N) is 1. The number of hydrogen-bond acceptors (Lipinski definition) is 9. The van der Waals surface area contributed by atoms with Gasteiger partial charge in [0.15, 0.2) is 0 Å². The van der Waals surface area contributed by atoms with Gasteiger partial charge in [-0.25, -0.2) is 23.3 Å². The fourth-order valence-electron chi connectivity index (χ4n) is 4.82. The number of methoxy groups -OCH3 is 2. The summed E-state index contributed by atoms with van der Waals surface area (Å²) in [5, 5.41) is 10.8. The summed E-state index contributed by atoms with van der Waals surface area (Å²) in [7, 11) is -0.780. The highest BCUT2D eigenvalue weighted by molar-refractivity contribution is 7.89. The molecule has 9 nitrogen and oxygen atoms in total. The topological polar surface area (TPSA) is 138 Å². The SMILES string of the molecule is COC(=O)C1=C(C)NC(C)(c2ccccc2)C(C(=O)OC)C1c1nccs1.NS(=O)(=O)c1ccc2cc1-2. The van der Waals surface area contributed by atoms with Crippen molar-refractivity contribution in [2.24, 2.45) is 11.1 Å². The van der Waals surface area contributed by atoms with E-state index in [1.807, 2.05) is 49.6 Å². The number of allylic oxidation sites excluding steroid dienone is 1. The van der Waals surface area contributed by atoms with Crippen molar-refractivity contribution in [3.05, 3.63) is 81.9 Å². The third-order valence-corrected chi connectivity index (χ3v) is 8.41. The zero-order valence-corrected chi connectivity index (χ0v) is 22.4. The smallest absolute Gasteiger partial charge is 0.336 e. The molecule has 1 aliphatic heterocycles. The minimum absolute atomic E-state index is 0.252. The average Bonchev–Trinajstić information content (AvgIpc) is 3.24. The van der Waals surface area contributed by atoms with E-state index in [0.717, 1.165) is 16.7 Å². The normalized spacial score (nSPS) is 21.8. The van der Waals surface area contributed by atoms with Crippen LogP contribution in [-0.2, 0) is 34.6 Å². The molecule has 2 aromatic rings. The molecular weight excluding hydrogens is 514 g/mol. The van der Waals surface area contributed by atoms with E-state index in [-0.39, 0.29) is 4.90 Å². The summed E-state index contributed by atoms with van der Waals surface area (Å²) in [6, 6.07) is 14.7. The average molecular weight is 542 g/mol. The minimum atomic E-state index is -3.47. The zero-order valence-electron chi connectivity index (χ0n) is 20.7. The molecule has 3 N–H and O–H groups in total. The van der Waals surface area contributed by atoms with Crippen LogP contribution in [0.2, 0.25) is 0 Å². The largest absolute Gasteiger partial charge is 0.469 e. The summed E-state index contributed by atoms with van der Waals surface area (Å²) in [6.45, 7) is 3.77. The predicted molar refractivity (Wildman–Crippen MR) is 139 cm³/mol. The van der Waals surface area contributed by atoms with Crippen LogP contribution < -0.4 is 10.5 Å². The Kier molecular flexibility index (Phi) is 7.22. The Labute approximate surface area is 219 Å². The molecule has 2 aliphatic carbocycles. The van der Waals surface area contributed by atoms with E-state index < -0.39 is 39.3 Å². The molecule has 0 bridgehead atoms. The van der Waals surface area contributed by atoms with Gasteiger partial charge in [-0.15, -0.1) is 11.3 Å². The summed E-state index contributed by atoms with van der Waals surface area (Å²) in [5.74, 6) is -2.17. The van der Waals surface area contributed by atoms with Gasteiger partial charge < -0.3 is 14.8 Å². The third kappa shape index (κ3) is 5.02. The van der Waals surface area contributed by atoms with Gasteiger partial charge in [-0.3, -0.25) is 4.79 Å². The van der Waals surface area contributed by atoms with Crippen LogP contribution in [0, 0.1) is 5.92 Å². The molecule has 0 radical (unpaired) electrons. The molecule has 11 heteroatoms. The Morgan fingerprint density at radius 2 is 1.81 bits per heavy atom. The molecule has 0 fully saturated rings. The van der Waals surface area contributed by atoms with E-state index in [2.05, 4.69) is 10.3 Å². The number of fused-ring (bicyclic) bond motifs is 1. The Morgan fingerprint density at radius 3 is 2.27 bits per heavy atom. The molecule has 3 atom stereocenters. The van der Waals surface area contributed by atoms with Crippen molar-refractivity contribution in [2.45, 2.75) is 30.2 Å². The maximum Gasteiger partial charge on any atom is 0.336 e. The van der Waals surface area contributed by atoms with Gasteiger partial charge in [-0.05, 0) is 37.1 Å². The first kappa shape index (κ1) is 26.5.